The van der Waals surface area contributed by atoms with Gasteiger partial charge in [0.15, 0.2) is 0 Å². The molecule has 1 fully saturated rings. The smallest absolute Gasteiger partial charge is 0.244 e. The lowest BCUT2D eigenvalue weighted by Crippen LogP contribution is -2.55. The van der Waals surface area contributed by atoms with Crippen LogP contribution in [0.1, 0.15) is 43.2 Å². The lowest BCUT2D eigenvalue weighted by molar-refractivity contribution is -0.140. The van der Waals surface area contributed by atoms with Crippen molar-refractivity contribution in [2.24, 2.45) is 0 Å². The molecule has 10 heteroatoms. The summed E-state index contributed by atoms with van der Waals surface area (Å²) < 4.78 is 47.0. The zero-order chi connectivity index (χ0) is 33.2. The van der Waals surface area contributed by atoms with Crippen molar-refractivity contribution in [3.8, 4) is 11.5 Å². The van der Waals surface area contributed by atoms with Crippen molar-refractivity contribution in [3.05, 3.63) is 126 Å². The molecule has 1 N–H and O–H groups in total. The van der Waals surface area contributed by atoms with E-state index in [4.69, 9.17) is 4.74 Å². The molecule has 4 aromatic carbocycles. The van der Waals surface area contributed by atoms with Gasteiger partial charge in [0.05, 0.1) is 11.9 Å². The number of ether oxygens (including phenoxy) is 1. The van der Waals surface area contributed by atoms with E-state index < -0.39 is 34.3 Å². The first-order valence-electron chi connectivity index (χ1n) is 15.8. The summed E-state index contributed by atoms with van der Waals surface area (Å²) in [7, 11) is -3.93. The summed E-state index contributed by atoms with van der Waals surface area (Å²) in [5, 5.41) is 3.17. The fraction of sp³-hybridized carbons (Fsp3) is 0.297. The topological polar surface area (TPSA) is 96.0 Å². The predicted octanol–water partition coefficient (Wildman–Crippen LogP) is 6.47. The van der Waals surface area contributed by atoms with Crippen molar-refractivity contribution in [3.63, 3.8) is 0 Å². The Kier molecular flexibility index (Phi) is 11.3. The Hall–Kier alpha value is -4.70. The molecule has 4 aromatic rings. The maximum absolute atomic E-state index is 14.3. The first-order chi connectivity index (χ1) is 22.7. The monoisotopic (exact) mass is 657 g/mol. The number of hydrogen-bond acceptors (Lipinski definition) is 5. The van der Waals surface area contributed by atoms with E-state index in [1.165, 1.54) is 17.0 Å². The highest BCUT2D eigenvalue weighted by molar-refractivity contribution is 7.92. The molecule has 5 rings (SSSR count). The first-order valence-corrected chi connectivity index (χ1v) is 17.7. The number of para-hydroxylation sites is 1. The molecule has 0 radical (unpaired) electrons. The zero-order valence-corrected chi connectivity index (χ0v) is 27.2. The van der Waals surface area contributed by atoms with Crippen LogP contribution in [0, 0.1) is 5.82 Å². The van der Waals surface area contributed by atoms with Crippen LogP contribution in [-0.4, -0.2) is 50.0 Å². The quantitative estimate of drug-likeness (QED) is 0.178. The predicted molar refractivity (Wildman–Crippen MR) is 181 cm³/mol. The van der Waals surface area contributed by atoms with E-state index in [-0.39, 0.29) is 30.6 Å². The number of carbonyl (C=O) groups is 2. The fourth-order valence-corrected chi connectivity index (χ4v) is 6.65. The van der Waals surface area contributed by atoms with Crippen LogP contribution < -0.4 is 14.4 Å². The summed E-state index contributed by atoms with van der Waals surface area (Å²) in [6, 6.07) is 29.8. The number of carbonyl (C=O) groups excluding carboxylic acids is 2. The van der Waals surface area contributed by atoms with E-state index >= 15 is 0 Å². The van der Waals surface area contributed by atoms with Crippen LogP contribution in [-0.2, 0) is 32.6 Å². The number of rotatable bonds is 13. The van der Waals surface area contributed by atoms with Gasteiger partial charge in [-0.3, -0.25) is 13.9 Å². The standard InChI is InChI=1S/C37H40FN3O5S/c1-47(44,45)41(32-21-23-34(24-22-32)46-33-15-9-4-10-16-33)27-36(42)40(26-29-17-19-30(38)20-18-29)35(25-28-11-5-2-6-12-28)37(43)39-31-13-7-3-8-14-31/h2,4-6,9-12,15-24,31,35H,3,7-8,13-14,25-27H2,1H3,(H,39,43)/t35-/m1/s1. The zero-order valence-electron chi connectivity index (χ0n) is 26.4. The van der Waals surface area contributed by atoms with Gasteiger partial charge in [-0.2, -0.15) is 0 Å². The summed E-state index contributed by atoms with van der Waals surface area (Å²) in [5.41, 5.74) is 1.73. The Bertz CT molecular complexity index is 1710. The molecule has 0 aliphatic heterocycles. The van der Waals surface area contributed by atoms with Crippen molar-refractivity contribution < 1.29 is 27.1 Å². The van der Waals surface area contributed by atoms with E-state index in [1.54, 1.807) is 48.5 Å². The molecular weight excluding hydrogens is 617 g/mol. The highest BCUT2D eigenvalue weighted by atomic mass is 32.2. The normalized spacial score (nSPS) is 14.2. The Balaban J connectivity index is 1.45. The largest absolute Gasteiger partial charge is 0.457 e. The number of amides is 2. The molecule has 2 amide bonds. The SMILES string of the molecule is CS(=O)(=O)N(CC(=O)N(Cc1ccc(F)cc1)[C@H](Cc1ccccc1)C(=O)NC1CCCCC1)c1ccc(Oc2ccccc2)cc1. The summed E-state index contributed by atoms with van der Waals surface area (Å²) >= 11 is 0. The van der Waals surface area contributed by atoms with Crippen molar-refractivity contribution in [1.82, 2.24) is 10.2 Å². The minimum Gasteiger partial charge on any atom is -0.457 e. The maximum atomic E-state index is 14.3. The van der Waals surface area contributed by atoms with Gasteiger partial charge >= 0.3 is 0 Å². The molecule has 0 bridgehead atoms. The molecule has 1 atom stereocenters. The number of anilines is 1. The van der Waals surface area contributed by atoms with Crippen LogP contribution in [0.4, 0.5) is 10.1 Å². The second-order valence-electron chi connectivity index (χ2n) is 11.9. The molecule has 0 aromatic heterocycles. The van der Waals surface area contributed by atoms with Crippen LogP contribution in [0.15, 0.2) is 109 Å². The molecule has 1 saturated carbocycles. The second-order valence-corrected chi connectivity index (χ2v) is 13.8. The Labute approximate surface area is 276 Å². The highest BCUT2D eigenvalue weighted by Crippen LogP contribution is 2.26. The Morgan fingerprint density at radius 1 is 0.809 bits per heavy atom. The van der Waals surface area contributed by atoms with Gasteiger partial charge in [-0.15, -0.1) is 0 Å². The number of benzene rings is 4. The Morgan fingerprint density at radius 3 is 2.02 bits per heavy atom. The van der Waals surface area contributed by atoms with Gasteiger partial charge in [0, 0.05) is 19.0 Å². The Morgan fingerprint density at radius 2 is 1.40 bits per heavy atom. The van der Waals surface area contributed by atoms with Crippen LogP contribution in [0.5, 0.6) is 11.5 Å². The van der Waals surface area contributed by atoms with E-state index in [9.17, 15) is 22.4 Å². The number of halogens is 1. The summed E-state index contributed by atoms with van der Waals surface area (Å²) in [6.45, 7) is -0.558. The van der Waals surface area contributed by atoms with Crippen LogP contribution in [0.25, 0.3) is 0 Å². The van der Waals surface area contributed by atoms with Gasteiger partial charge in [-0.05, 0) is 72.5 Å². The van der Waals surface area contributed by atoms with Gasteiger partial charge in [0.2, 0.25) is 21.8 Å². The van der Waals surface area contributed by atoms with Gasteiger partial charge in [-0.25, -0.2) is 12.8 Å². The molecule has 47 heavy (non-hydrogen) atoms. The molecule has 246 valence electrons. The number of nitrogens with zero attached hydrogens (tertiary/aromatic N) is 2. The van der Waals surface area contributed by atoms with E-state index in [2.05, 4.69) is 5.32 Å². The van der Waals surface area contributed by atoms with Crippen LogP contribution >= 0.6 is 0 Å². The molecule has 0 unspecified atom stereocenters. The molecular formula is C37H40FN3O5S. The first kappa shape index (κ1) is 33.7. The molecule has 8 nitrogen and oxygen atoms in total. The van der Waals surface area contributed by atoms with Crippen molar-refractivity contribution in [2.75, 3.05) is 17.1 Å². The van der Waals surface area contributed by atoms with Gasteiger partial charge in [-0.1, -0.05) is 79.9 Å². The highest BCUT2D eigenvalue weighted by Gasteiger charge is 2.34. The van der Waals surface area contributed by atoms with Gasteiger partial charge in [0.1, 0.15) is 29.9 Å². The third-order valence-electron chi connectivity index (χ3n) is 8.27. The summed E-state index contributed by atoms with van der Waals surface area (Å²) in [4.78, 5) is 29.8. The number of nitrogens with one attached hydrogen (secondary N) is 1. The molecule has 1 aliphatic rings. The van der Waals surface area contributed by atoms with Crippen molar-refractivity contribution >= 4 is 27.5 Å². The van der Waals surface area contributed by atoms with Crippen molar-refractivity contribution in [1.29, 1.82) is 0 Å². The molecule has 1 aliphatic carbocycles. The van der Waals surface area contributed by atoms with E-state index in [0.29, 0.717) is 17.1 Å². The number of hydrogen-bond donors (Lipinski definition) is 1. The van der Waals surface area contributed by atoms with Gasteiger partial charge < -0.3 is 15.0 Å². The van der Waals surface area contributed by atoms with Crippen LogP contribution in [0.3, 0.4) is 0 Å². The average molecular weight is 658 g/mol. The number of sulfonamides is 1. The molecule has 0 saturated heterocycles. The van der Waals surface area contributed by atoms with Crippen molar-refractivity contribution in [2.45, 2.75) is 57.2 Å². The summed E-state index contributed by atoms with van der Waals surface area (Å²) in [6.07, 6.45) is 6.14. The minimum absolute atomic E-state index is 0.00133. The average Bonchev–Trinajstić information content (AvgIpc) is 3.07. The third-order valence-corrected chi connectivity index (χ3v) is 9.41. The van der Waals surface area contributed by atoms with Gasteiger partial charge in [0.25, 0.3) is 0 Å². The van der Waals surface area contributed by atoms with Crippen LogP contribution in [0.2, 0.25) is 0 Å². The maximum Gasteiger partial charge on any atom is 0.244 e. The third kappa shape index (κ3) is 9.65. The van der Waals surface area contributed by atoms with E-state index in [1.807, 2.05) is 48.5 Å². The molecule has 0 spiro atoms. The second kappa shape index (κ2) is 15.7. The van der Waals surface area contributed by atoms with E-state index in [0.717, 1.165) is 48.2 Å². The lowest BCUT2D eigenvalue weighted by atomic mass is 9.94. The minimum atomic E-state index is -3.93. The lowest BCUT2D eigenvalue weighted by Gasteiger charge is -2.35. The molecule has 0 heterocycles. The fourth-order valence-electron chi connectivity index (χ4n) is 5.80. The summed E-state index contributed by atoms with van der Waals surface area (Å²) in [5.74, 6) is -0.165.